The molecule has 0 N–H and O–H groups in total. The van der Waals surface area contributed by atoms with Crippen LogP contribution in [0.1, 0.15) is 11.1 Å². The van der Waals surface area contributed by atoms with Crippen LogP contribution in [0, 0.1) is 6.92 Å². The molecule has 0 amide bonds. The summed E-state index contributed by atoms with van der Waals surface area (Å²) in [4.78, 5) is 14.3. The van der Waals surface area contributed by atoms with Gasteiger partial charge in [0, 0.05) is 43.6 Å². The molecule has 0 unspecified atom stereocenters. The first-order valence-corrected chi connectivity index (χ1v) is 9.98. The van der Waals surface area contributed by atoms with Crippen molar-refractivity contribution in [3.8, 4) is 17.1 Å². The molecule has 0 saturated carbocycles. The molecule has 0 bridgehead atoms. The number of benzene rings is 1. The summed E-state index contributed by atoms with van der Waals surface area (Å²) in [5.41, 5.74) is 4.15. The molecule has 1 aromatic heterocycles. The van der Waals surface area contributed by atoms with Crippen LogP contribution in [0.25, 0.3) is 11.3 Å². The number of nitrogens with zero attached hydrogens (tertiary/aromatic N) is 2. The molecule has 8 heteroatoms. The monoisotopic (exact) mass is 420 g/mol. The normalized spacial score (nSPS) is 17.7. The number of aromatic nitrogens is 1. The number of alkyl halides is 2. The van der Waals surface area contributed by atoms with Crippen LogP contribution in [0.4, 0.5) is 14.5 Å². The van der Waals surface area contributed by atoms with Crippen molar-refractivity contribution in [2.75, 3.05) is 45.4 Å². The molecule has 1 saturated heterocycles. The first-order valence-electron chi connectivity index (χ1n) is 9.98. The van der Waals surface area contributed by atoms with Gasteiger partial charge in [-0.25, -0.2) is 8.78 Å². The second-order valence-corrected chi connectivity index (χ2v) is 7.90. The zero-order valence-electron chi connectivity index (χ0n) is 17.4. The molecule has 0 aliphatic carbocycles. The number of hydrogen-bond donors (Lipinski definition) is 0. The van der Waals surface area contributed by atoms with E-state index in [1.807, 2.05) is 22.8 Å². The van der Waals surface area contributed by atoms with Gasteiger partial charge < -0.3 is 23.7 Å². The number of methoxy groups -OCH3 is 2. The summed E-state index contributed by atoms with van der Waals surface area (Å²) in [5, 5.41) is 0. The number of halogens is 2. The lowest BCUT2D eigenvalue weighted by Gasteiger charge is -2.41. The van der Waals surface area contributed by atoms with Crippen LogP contribution in [0.5, 0.6) is 5.88 Å². The van der Waals surface area contributed by atoms with Gasteiger partial charge in [0.2, 0.25) is 0 Å². The minimum atomic E-state index is -2.61. The van der Waals surface area contributed by atoms with E-state index in [1.54, 1.807) is 26.0 Å². The number of pyridine rings is 1. The van der Waals surface area contributed by atoms with E-state index in [1.165, 1.54) is 6.07 Å². The Morgan fingerprint density at radius 2 is 1.93 bits per heavy atom. The van der Waals surface area contributed by atoms with E-state index in [-0.39, 0.29) is 31.2 Å². The molecule has 1 aromatic carbocycles. The molecular weight excluding hydrogens is 394 g/mol. The van der Waals surface area contributed by atoms with Crippen LogP contribution in [0.15, 0.2) is 29.1 Å². The zero-order valence-corrected chi connectivity index (χ0v) is 17.4. The highest BCUT2D eigenvalue weighted by Gasteiger charge is 2.44. The van der Waals surface area contributed by atoms with Crippen molar-refractivity contribution in [3.05, 3.63) is 45.6 Å². The zero-order chi connectivity index (χ0) is 21.5. The van der Waals surface area contributed by atoms with Gasteiger partial charge in [-0.15, -0.1) is 0 Å². The maximum absolute atomic E-state index is 13.2. The lowest BCUT2D eigenvalue weighted by atomic mass is 9.93. The van der Waals surface area contributed by atoms with Gasteiger partial charge in [0.15, 0.2) is 11.3 Å². The Balaban J connectivity index is 1.65. The first kappa shape index (κ1) is 20.8. The van der Waals surface area contributed by atoms with Gasteiger partial charge in [-0.2, -0.15) is 0 Å². The Labute approximate surface area is 174 Å². The smallest absolute Gasteiger partial charge is 0.282 e. The maximum atomic E-state index is 13.2. The van der Waals surface area contributed by atoms with Crippen molar-refractivity contribution in [2.45, 2.75) is 31.9 Å². The van der Waals surface area contributed by atoms with Crippen LogP contribution in [-0.2, 0) is 22.4 Å². The van der Waals surface area contributed by atoms with Crippen molar-refractivity contribution in [1.82, 2.24) is 4.57 Å². The summed E-state index contributed by atoms with van der Waals surface area (Å²) in [6, 6.07) is 7.25. The van der Waals surface area contributed by atoms with Gasteiger partial charge >= 0.3 is 0 Å². The highest BCUT2D eigenvalue weighted by atomic mass is 19.3. The van der Waals surface area contributed by atoms with E-state index in [4.69, 9.17) is 14.2 Å². The molecular formula is C22H26F2N2O4. The molecule has 2 aliphatic heterocycles. The molecule has 162 valence electrons. The molecule has 30 heavy (non-hydrogen) atoms. The molecule has 4 rings (SSSR count). The number of hydrogen-bond acceptors (Lipinski definition) is 5. The summed E-state index contributed by atoms with van der Waals surface area (Å²) in [6.45, 7) is 2.60. The van der Waals surface area contributed by atoms with Crippen molar-refractivity contribution in [1.29, 1.82) is 0 Å². The summed E-state index contributed by atoms with van der Waals surface area (Å²) in [5.74, 6) is -2.11. The average Bonchev–Trinajstić information content (AvgIpc) is 2.71. The minimum Gasteiger partial charge on any atom is -0.476 e. The molecule has 2 aliphatic rings. The van der Waals surface area contributed by atoms with E-state index in [9.17, 15) is 13.6 Å². The van der Waals surface area contributed by atoms with Crippen LogP contribution in [-0.4, -0.2) is 57.1 Å². The molecule has 3 heterocycles. The average molecular weight is 420 g/mol. The predicted molar refractivity (Wildman–Crippen MR) is 110 cm³/mol. The van der Waals surface area contributed by atoms with E-state index in [0.29, 0.717) is 24.6 Å². The molecule has 0 spiro atoms. The van der Waals surface area contributed by atoms with Gasteiger partial charge in [-0.3, -0.25) is 4.79 Å². The number of aryl methyl sites for hydroxylation is 1. The molecule has 6 nitrogen and oxygen atoms in total. The van der Waals surface area contributed by atoms with Crippen LogP contribution in [0.3, 0.4) is 0 Å². The summed E-state index contributed by atoms with van der Waals surface area (Å²) < 4.78 is 44.9. The molecule has 1 atom stereocenters. The second-order valence-electron chi connectivity index (χ2n) is 7.90. The predicted octanol–water partition coefficient (Wildman–Crippen LogP) is 2.88. The molecule has 2 aromatic rings. The van der Waals surface area contributed by atoms with Gasteiger partial charge in [0.1, 0.15) is 12.7 Å². The largest absolute Gasteiger partial charge is 0.476 e. The van der Waals surface area contributed by atoms with Crippen molar-refractivity contribution >= 4 is 5.69 Å². The van der Waals surface area contributed by atoms with Gasteiger partial charge in [0.05, 0.1) is 25.4 Å². The lowest BCUT2D eigenvalue weighted by Crippen LogP contribution is -2.56. The Bertz CT molecular complexity index is 997. The van der Waals surface area contributed by atoms with Crippen molar-refractivity contribution in [3.63, 3.8) is 0 Å². The fraction of sp³-hybridized carbons (Fsp3) is 0.500. The van der Waals surface area contributed by atoms with Gasteiger partial charge in [-0.1, -0.05) is 6.07 Å². The SMILES string of the molecule is COC[C@@H](COc1cc(=O)c(C)c2n1CCc1cc(N3CC(F)(F)C3)ccc1-2)OC. The highest BCUT2D eigenvalue weighted by molar-refractivity contribution is 5.73. The molecule has 0 radical (unpaired) electrons. The number of fused-ring (bicyclic) bond motifs is 3. The second kappa shape index (κ2) is 8.00. The van der Waals surface area contributed by atoms with Crippen LogP contribution < -0.4 is 15.1 Å². The Morgan fingerprint density at radius 3 is 2.60 bits per heavy atom. The third-order valence-electron chi connectivity index (χ3n) is 5.78. The number of anilines is 1. The summed E-state index contributed by atoms with van der Waals surface area (Å²) >= 11 is 0. The summed E-state index contributed by atoms with van der Waals surface area (Å²) in [6.07, 6.45) is 0.487. The van der Waals surface area contributed by atoms with E-state index < -0.39 is 5.92 Å². The number of ether oxygens (including phenoxy) is 3. The molecule has 1 fully saturated rings. The third-order valence-corrected chi connectivity index (χ3v) is 5.78. The fourth-order valence-electron chi connectivity index (χ4n) is 4.11. The van der Waals surface area contributed by atoms with E-state index in [0.717, 1.165) is 28.9 Å². The number of rotatable bonds is 7. The summed E-state index contributed by atoms with van der Waals surface area (Å²) in [7, 11) is 3.18. The van der Waals surface area contributed by atoms with E-state index in [2.05, 4.69) is 0 Å². The Hall–Kier alpha value is -2.45. The van der Waals surface area contributed by atoms with Crippen molar-refractivity contribution in [2.24, 2.45) is 0 Å². The Morgan fingerprint density at radius 1 is 1.17 bits per heavy atom. The van der Waals surface area contributed by atoms with E-state index >= 15 is 0 Å². The minimum absolute atomic E-state index is 0.101. The fourth-order valence-corrected chi connectivity index (χ4v) is 4.11. The maximum Gasteiger partial charge on any atom is 0.282 e. The third kappa shape index (κ3) is 3.81. The van der Waals surface area contributed by atoms with Crippen molar-refractivity contribution < 1.29 is 23.0 Å². The quantitative estimate of drug-likeness (QED) is 0.690. The highest BCUT2D eigenvalue weighted by Crippen LogP contribution is 2.38. The van der Waals surface area contributed by atoms with Gasteiger partial charge in [-0.05, 0) is 31.0 Å². The first-order chi connectivity index (χ1) is 14.3. The topological polar surface area (TPSA) is 52.9 Å². The van der Waals surface area contributed by atoms with Gasteiger partial charge in [0.25, 0.3) is 5.92 Å². The van der Waals surface area contributed by atoms with Crippen LogP contribution >= 0.6 is 0 Å². The van der Waals surface area contributed by atoms with Crippen LogP contribution in [0.2, 0.25) is 0 Å². The Kier molecular flexibility index (Phi) is 5.55. The lowest BCUT2D eigenvalue weighted by molar-refractivity contribution is -0.0262. The standard InChI is InChI=1S/C22H26F2N2O4/c1-14-19(27)9-20(30-11-17(29-3)10-28-2)26-7-6-15-8-16(4-5-18(15)21(14)26)25-12-22(23,24)13-25/h4-5,8-9,17H,6-7,10-13H2,1-3H3/t17-/m0/s1.